The van der Waals surface area contributed by atoms with E-state index in [9.17, 15) is 13.2 Å². The van der Waals surface area contributed by atoms with Crippen LogP contribution in [0.4, 0.5) is 0 Å². The number of aromatic nitrogens is 1. The van der Waals surface area contributed by atoms with E-state index in [0.29, 0.717) is 31.9 Å². The molecule has 7 nitrogen and oxygen atoms in total. The van der Waals surface area contributed by atoms with Crippen LogP contribution in [-0.4, -0.2) is 67.5 Å². The molecule has 0 aliphatic rings. The number of rotatable bonds is 9. The molecule has 0 aliphatic heterocycles. The average molecular weight is 359 g/mol. The van der Waals surface area contributed by atoms with E-state index in [1.807, 2.05) is 13.8 Å². The molecule has 1 rings (SSSR count). The normalized spacial score (nSPS) is 13.3. The van der Waals surface area contributed by atoms with Gasteiger partial charge in [0.2, 0.25) is 10.0 Å². The van der Waals surface area contributed by atoms with E-state index in [-0.39, 0.29) is 16.8 Å². The number of carbonyl (C=O) groups is 1. The highest BCUT2D eigenvalue weighted by Crippen LogP contribution is 2.20. The Bertz CT molecular complexity index is 650. The summed E-state index contributed by atoms with van der Waals surface area (Å²) in [5.74, 6) is -0.203. The van der Waals surface area contributed by atoms with Gasteiger partial charge in [-0.1, -0.05) is 13.8 Å². The molecule has 24 heavy (non-hydrogen) atoms. The minimum absolute atomic E-state index is 0.0924. The van der Waals surface area contributed by atoms with E-state index in [2.05, 4.69) is 0 Å². The van der Waals surface area contributed by atoms with Crippen molar-refractivity contribution in [1.82, 2.24) is 13.8 Å². The van der Waals surface area contributed by atoms with E-state index >= 15 is 0 Å². The second kappa shape index (κ2) is 8.64. The van der Waals surface area contributed by atoms with Crippen molar-refractivity contribution in [2.24, 2.45) is 7.05 Å². The van der Waals surface area contributed by atoms with Gasteiger partial charge < -0.3 is 14.2 Å². The molecular weight excluding hydrogens is 330 g/mol. The Hall–Kier alpha value is -1.38. The summed E-state index contributed by atoms with van der Waals surface area (Å²) in [7, 11) is -0.309. The number of hydrogen-bond acceptors (Lipinski definition) is 4. The van der Waals surface area contributed by atoms with Gasteiger partial charge in [0.15, 0.2) is 0 Å². The summed E-state index contributed by atoms with van der Waals surface area (Å²) in [6.07, 6.45) is 1.50. The lowest BCUT2D eigenvalue weighted by molar-refractivity contribution is 0.0570. The van der Waals surface area contributed by atoms with Gasteiger partial charge >= 0.3 is 0 Å². The predicted molar refractivity (Wildman–Crippen MR) is 93.6 cm³/mol. The summed E-state index contributed by atoms with van der Waals surface area (Å²) in [6.45, 7) is 9.11. The Labute approximate surface area is 145 Å². The van der Waals surface area contributed by atoms with Crippen molar-refractivity contribution in [3.63, 3.8) is 0 Å². The lowest BCUT2D eigenvalue weighted by Gasteiger charge is -2.27. The second-order valence-corrected chi connectivity index (χ2v) is 7.59. The highest BCUT2D eigenvalue weighted by molar-refractivity contribution is 7.89. The molecular formula is C16H29N3O4S. The summed E-state index contributed by atoms with van der Waals surface area (Å²) in [5.41, 5.74) is 0.352. The summed E-state index contributed by atoms with van der Waals surface area (Å²) in [6, 6.07) is 1.36. The molecule has 0 bridgehead atoms. The van der Waals surface area contributed by atoms with Crippen LogP contribution in [-0.2, 0) is 21.8 Å². The number of methoxy groups -OCH3 is 1. The fourth-order valence-corrected chi connectivity index (χ4v) is 4.26. The first kappa shape index (κ1) is 20.7. The first-order valence-electron chi connectivity index (χ1n) is 8.20. The minimum Gasteiger partial charge on any atom is -0.383 e. The van der Waals surface area contributed by atoms with Crippen LogP contribution >= 0.6 is 0 Å². The van der Waals surface area contributed by atoms with Crippen molar-refractivity contribution < 1.29 is 17.9 Å². The van der Waals surface area contributed by atoms with Crippen LogP contribution in [0.15, 0.2) is 17.2 Å². The molecule has 0 N–H and O–H groups in total. The zero-order chi connectivity index (χ0) is 18.5. The van der Waals surface area contributed by atoms with E-state index in [0.717, 1.165) is 0 Å². The van der Waals surface area contributed by atoms with Crippen molar-refractivity contribution in [2.45, 2.75) is 38.6 Å². The molecule has 0 fully saturated rings. The van der Waals surface area contributed by atoms with Crippen molar-refractivity contribution >= 4 is 15.9 Å². The molecule has 8 heteroatoms. The SMILES string of the molecule is CCN(C(=O)c1cc(S(=O)(=O)N(CC)CC)cn1C)[C@@H](C)COC. The van der Waals surface area contributed by atoms with Gasteiger partial charge in [-0.25, -0.2) is 8.42 Å². The molecule has 138 valence electrons. The van der Waals surface area contributed by atoms with Gasteiger partial charge in [-0.3, -0.25) is 4.79 Å². The monoisotopic (exact) mass is 359 g/mol. The van der Waals surface area contributed by atoms with Crippen LogP contribution in [0, 0.1) is 0 Å². The van der Waals surface area contributed by atoms with Crippen LogP contribution in [0.1, 0.15) is 38.2 Å². The molecule has 1 aromatic rings. The Kier molecular flexibility index (Phi) is 7.44. The van der Waals surface area contributed by atoms with Gasteiger partial charge in [-0.15, -0.1) is 0 Å². The minimum atomic E-state index is -3.58. The maximum absolute atomic E-state index is 12.8. The number of aryl methyl sites for hydroxylation is 1. The quantitative estimate of drug-likeness (QED) is 0.671. The van der Waals surface area contributed by atoms with E-state index in [1.165, 1.54) is 16.6 Å². The standard InChI is InChI=1S/C16H29N3O4S/c1-7-18(8-2)24(21,22)14-10-15(17(5)11-14)16(20)19(9-3)13(4)12-23-6/h10-11,13H,7-9,12H2,1-6H3/t13-/m0/s1. The maximum atomic E-state index is 12.8. The average Bonchev–Trinajstić information content (AvgIpc) is 2.91. The third-order valence-corrected chi connectivity index (χ3v) is 6.10. The number of hydrogen-bond donors (Lipinski definition) is 0. The Morgan fingerprint density at radius 1 is 1.25 bits per heavy atom. The molecule has 0 aliphatic carbocycles. The molecule has 0 unspecified atom stereocenters. The van der Waals surface area contributed by atoms with E-state index in [1.54, 1.807) is 37.5 Å². The van der Waals surface area contributed by atoms with Crippen LogP contribution in [0.25, 0.3) is 0 Å². The van der Waals surface area contributed by atoms with Crippen molar-refractivity contribution in [1.29, 1.82) is 0 Å². The molecule has 0 radical (unpaired) electrons. The highest BCUT2D eigenvalue weighted by atomic mass is 32.2. The molecule has 1 heterocycles. The maximum Gasteiger partial charge on any atom is 0.270 e. The van der Waals surface area contributed by atoms with Crippen LogP contribution in [0.2, 0.25) is 0 Å². The topological polar surface area (TPSA) is 71.9 Å². The highest BCUT2D eigenvalue weighted by Gasteiger charge is 2.28. The number of likely N-dealkylation sites (N-methyl/N-ethyl adjacent to an activating group) is 1. The summed E-state index contributed by atoms with van der Waals surface area (Å²) >= 11 is 0. The first-order chi connectivity index (χ1) is 11.2. The van der Waals surface area contributed by atoms with Gasteiger partial charge in [0.1, 0.15) is 10.6 Å². The van der Waals surface area contributed by atoms with Gasteiger partial charge in [-0.2, -0.15) is 4.31 Å². The molecule has 0 aromatic carbocycles. The third-order valence-electron chi connectivity index (χ3n) is 4.08. The van der Waals surface area contributed by atoms with Crippen LogP contribution < -0.4 is 0 Å². The van der Waals surface area contributed by atoms with Gasteiger partial charge in [0, 0.05) is 40.0 Å². The smallest absolute Gasteiger partial charge is 0.270 e. The molecule has 0 saturated heterocycles. The molecule has 0 saturated carbocycles. The first-order valence-corrected chi connectivity index (χ1v) is 9.64. The molecule has 1 amide bonds. The Balaban J connectivity index is 3.20. The second-order valence-electron chi connectivity index (χ2n) is 5.66. The van der Waals surface area contributed by atoms with Crippen molar-refractivity contribution in [3.05, 3.63) is 18.0 Å². The van der Waals surface area contributed by atoms with Gasteiger partial charge in [0.25, 0.3) is 5.91 Å². The molecule has 1 aromatic heterocycles. The van der Waals surface area contributed by atoms with Gasteiger partial charge in [0.05, 0.1) is 12.6 Å². The fraction of sp³-hybridized carbons (Fsp3) is 0.688. The third kappa shape index (κ3) is 4.17. The fourth-order valence-electron chi connectivity index (χ4n) is 2.73. The summed E-state index contributed by atoms with van der Waals surface area (Å²) in [5, 5.41) is 0. The molecule has 0 spiro atoms. The zero-order valence-corrected chi connectivity index (χ0v) is 16.3. The van der Waals surface area contributed by atoms with Crippen molar-refractivity contribution in [2.75, 3.05) is 33.4 Å². The number of ether oxygens (including phenoxy) is 1. The lowest BCUT2D eigenvalue weighted by atomic mass is 10.2. The zero-order valence-electron chi connectivity index (χ0n) is 15.4. The largest absolute Gasteiger partial charge is 0.383 e. The number of amides is 1. The van der Waals surface area contributed by atoms with E-state index < -0.39 is 10.0 Å². The van der Waals surface area contributed by atoms with Crippen LogP contribution in [0.5, 0.6) is 0 Å². The van der Waals surface area contributed by atoms with Gasteiger partial charge in [-0.05, 0) is 19.9 Å². The van der Waals surface area contributed by atoms with E-state index in [4.69, 9.17) is 4.74 Å². The number of carbonyl (C=O) groups excluding carboxylic acids is 1. The summed E-state index contributed by atoms with van der Waals surface area (Å²) < 4.78 is 33.3. The van der Waals surface area contributed by atoms with Crippen LogP contribution in [0.3, 0.4) is 0 Å². The lowest BCUT2D eigenvalue weighted by Crippen LogP contribution is -2.41. The summed E-state index contributed by atoms with van der Waals surface area (Å²) in [4.78, 5) is 14.6. The Morgan fingerprint density at radius 2 is 1.83 bits per heavy atom. The number of nitrogens with zero attached hydrogens (tertiary/aromatic N) is 3. The van der Waals surface area contributed by atoms with Crippen molar-refractivity contribution in [3.8, 4) is 0 Å². The Morgan fingerprint density at radius 3 is 2.29 bits per heavy atom. The number of sulfonamides is 1. The predicted octanol–water partition coefficient (Wildman–Crippen LogP) is 1.55. The molecule has 1 atom stereocenters.